The van der Waals surface area contributed by atoms with E-state index in [2.05, 4.69) is 337 Å². The Morgan fingerprint density at radius 1 is 0.330 bits per heavy atom. The molecule has 0 N–H and O–H groups in total. The molecule has 10 aliphatic rings. The number of halogens is 1. The number of anilines is 12. The number of hydrogen-bond acceptors (Lipinski definition) is 4. The zero-order chi connectivity index (χ0) is 73.9. The van der Waals surface area contributed by atoms with Gasteiger partial charge in [0.2, 0.25) is 0 Å². The van der Waals surface area contributed by atoms with Crippen LogP contribution >= 0.6 is 11.6 Å². The minimum Gasteiger partial charge on any atom is -0.311 e. The molecule has 8 fully saturated rings. The van der Waals surface area contributed by atoms with Crippen LogP contribution in [-0.2, 0) is 32.5 Å². The van der Waals surface area contributed by atoms with Crippen molar-refractivity contribution in [3.8, 4) is 0 Å². The maximum atomic E-state index is 7.74. The number of hydrogen-bond donors (Lipinski definition) is 0. The van der Waals surface area contributed by atoms with E-state index in [9.17, 15) is 0 Å². The molecular weight excluding hydrogens is 1300 g/mol. The van der Waals surface area contributed by atoms with E-state index in [1.165, 1.54) is 172 Å². The Morgan fingerprint density at radius 3 is 1.10 bits per heavy atom. The van der Waals surface area contributed by atoms with Crippen molar-refractivity contribution in [2.24, 2.45) is 35.5 Å². The summed E-state index contributed by atoms with van der Waals surface area (Å²) in [6.45, 7) is 36.6. The van der Waals surface area contributed by atoms with Crippen LogP contribution in [0.25, 0.3) is 0 Å². The van der Waals surface area contributed by atoms with Crippen molar-refractivity contribution in [3.05, 3.63) is 267 Å². The molecule has 6 heteroatoms. The van der Waals surface area contributed by atoms with Gasteiger partial charge in [0.25, 0.3) is 6.71 Å². The largest absolute Gasteiger partial charge is 0.311 e. The highest BCUT2D eigenvalue weighted by molar-refractivity contribution is 7.00. The quantitative estimate of drug-likeness (QED) is 0.127. The van der Waals surface area contributed by atoms with Gasteiger partial charge in [-0.3, -0.25) is 0 Å². The maximum absolute atomic E-state index is 7.74. The number of benzene rings is 10. The van der Waals surface area contributed by atoms with E-state index in [1.54, 1.807) is 11.1 Å². The lowest BCUT2D eigenvalue weighted by Crippen LogP contribution is -2.62. The van der Waals surface area contributed by atoms with E-state index in [0.717, 1.165) is 74.7 Å². The maximum Gasteiger partial charge on any atom is 0.252 e. The fourth-order valence-corrected chi connectivity index (χ4v) is 22.7. The third-order valence-corrected chi connectivity index (χ3v) is 27.0. The Morgan fingerprint density at radius 2 is 0.670 bits per heavy atom. The molecule has 20 rings (SSSR count). The number of nitrogens with zero attached hydrogens (tertiary/aromatic N) is 4. The first-order valence-corrected chi connectivity index (χ1v) is 40.8. The zero-order valence-corrected chi connectivity index (χ0v) is 67.1. The van der Waals surface area contributed by atoms with Crippen LogP contribution in [0.15, 0.2) is 206 Å². The van der Waals surface area contributed by atoms with Gasteiger partial charge in [-0.05, 0) is 354 Å². The van der Waals surface area contributed by atoms with Crippen molar-refractivity contribution in [1.82, 2.24) is 0 Å². The minimum absolute atomic E-state index is 0.0394. The van der Waals surface area contributed by atoms with E-state index < -0.39 is 0 Å². The zero-order valence-electron chi connectivity index (χ0n) is 66.3. The second kappa shape index (κ2) is 26.0. The molecular formula is C100H112BClN4. The first-order valence-electron chi connectivity index (χ1n) is 40.4. The normalized spacial score (nSPS) is 23.1. The number of fused-ring (bicyclic) bond motifs is 4. The van der Waals surface area contributed by atoms with E-state index in [-0.39, 0.29) is 28.4 Å². The average Bonchev–Trinajstić information content (AvgIpc) is 0.692. The van der Waals surface area contributed by atoms with Crippen LogP contribution in [0.3, 0.4) is 0 Å². The molecule has 0 unspecified atom stereocenters. The Bertz CT molecular complexity index is 4840. The van der Waals surface area contributed by atoms with Crippen molar-refractivity contribution < 1.29 is 0 Å². The molecule has 106 heavy (non-hydrogen) atoms. The molecule has 0 atom stereocenters. The predicted octanol–water partition coefficient (Wildman–Crippen LogP) is 26.4. The fourth-order valence-electron chi connectivity index (χ4n) is 22.4. The van der Waals surface area contributed by atoms with Gasteiger partial charge in [-0.15, -0.1) is 0 Å². The molecule has 2 aliphatic heterocycles. The van der Waals surface area contributed by atoms with Crippen LogP contribution in [0.1, 0.15) is 216 Å². The summed E-state index contributed by atoms with van der Waals surface area (Å²) in [7, 11) is 0. The third kappa shape index (κ3) is 12.7. The van der Waals surface area contributed by atoms with Gasteiger partial charge in [0.15, 0.2) is 0 Å². The first kappa shape index (κ1) is 70.7. The summed E-state index contributed by atoms with van der Waals surface area (Å²) in [5.41, 5.74) is 33.0. The van der Waals surface area contributed by atoms with Crippen LogP contribution in [0.4, 0.5) is 68.2 Å². The molecule has 0 spiro atoms. The molecule has 0 saturated heterocycles. The van der Waals surface area contributed by atoms with Crippen molar-refractivity contribution >= 4 is 103 Å². The first-order chi connectivity index (χ1) is 50.4. The molecule has 8 saturated carbocycles. The monoisotopic (exact) mass is 1410 g/mol. The lowest BCUT2D eigenvalue weighted by Gasteiger charge is -2.57. The topological polar surface area (TPSA) is 13.0 Å². The lowest BCUT2D eigenvalue weighted by molar-refractivity contribution is -0.00528. The molecule has 4 nitrogen and oxygen atoms in total. The standard InChI is InChI=1S/C50H55BN2.C50H57ClN2/c1-31-20-32(2)22-40(21-31)53-44-19-15-38(50-28-33-23-34(29-50)25-35(24-33)30-50)27-42(44)51-41-26-37(49(6,7)8)14-18-43(41)52(45-10-9-11-46(53)47(45)51)39-16-12-36(13-17-39)48(3,4)5;1-33-24-34(2)26-44(25-33)53(43-22-16-40(17-23-43)50-30-35-27-36(31-50)29-37(28-35)32-50)46-11-9-10-45(47(46)51)52(41-18-12-38(13-19-41)48(3,4)5)42-20-14-39(15-21-42)49(6,7)8/h9-22,26-27,33-35H,23-25,28-30H2,1-8H3;9-26,35-37H,27-32H2,1-8H3. The third-order valence-electron chi connectivity index (χ3n) is 26.6. The SMILES string of the molecule is Cc1cc(C)cc(N(c2ccc(C34CC5CC(CC(C5)C3)C4)cc2)c2cccc(N(c3ccc(C(C)(C)C)cc3)c3ccc(C(C)(C)C)cc3)c2Cl)c1.Cc1cc(C)cc(N2c3ccc(C45CC6CC(CC(C6)C4)C5)cc3B3c4cc(C(C)(C)C)ccc4N(c4ccc(C(C)(C)C)cc4)c4cccc2c43)c1. The average molecular weight is 1420 g/mol. The van der Waals surface area contributed by atoms with E-state index >= 15 is 0 Å². The summed E-state index contributed by atoms with van der Waals surface area (Å²) in [6, 6.07) is 79.7. The van der Waals surface area contributed by atoms with Crippen LogP contribution in [0, 0.1) is 63.2 Å². The Labute approximate surface area is 641 Å². The van der Waals surface area contributed by atoms with Crippen LogP contribution in [0.5, 0.6) is 0 Å². The smallest absolute Gasteiger partial charge is 0.252 e. The molecule has 2 heterocycles. The number of rotatable bonds is 10. The van der Waals surface area contributed by atoms with Gasteiger partial charge in [-0.1, -0.05) is 192 Å². The Kier molecular flexibility index (Phi) is 17.3. The van der Waals surface area contributed by atoms with Gasteiger partial charge in [0.05, 0.1) is 16.4 Å². The molecule has 8 bridgehead atoms. The van der Waals surface area contributed by atoms with Gasteiger partial charge in [0.1, 0.15) is 0 Å². The fraction of sp³-hybridized carbons (Fsp3) is 0.400. The van der Waals surface area contributed by atoms with Gasteiger partial charge in [-0.25, -0.2) is 0 Å². The lowest BCUT2D eigenvalue weighted by atomic mass is 9.33. The van der Waals surface area contributed by atoms with Crippen molar-refractivity contribution in [1.29, 1.82) is 0 Å². The summed E-state index contributed by atoms with van der Waals surface area (Å²) in [5, 5.41) is 0.719. The van der Waals surface area contributed by atoms with Crippen LogP contribution in [-0.4, -0.2) is 6.71 Å². The second-order valence-electron chi connectivity index (χ2n) is 38.9. The van der Waals surface area contributed by atoms with Gasteiger partial charge < -0.3 is 19.6 Å². The van der Waals surface area contributed by atoms with E-state index in [4.69, 9.17) is 11.6 Å². The molecule has 542 valence electrons. The molecule has 0 radical (unpaired) electrons. The Hall–Kier alpha value is -8.25. The highest BCUT2D eigenvalue weighted by Gasteiger charge is 2.54. The van der Waals surface area contributed by atoms with Crippen LogP contribution in [0.2, 0.25) is 5.02 Å². The molecule has 10 aromatic carbocycles. The highest BCUT2D eigenvalue weighted by atomic mass is 35.5. The van der Waals surface area contributed by atoms with Gasteiger partial charge in [0, 0.05) is 56.9 Å². The van der Waals surface area contributed by atoms with Crippen LogP contribution < -0.4 is 36.0 Å². The Balaban J connectivity index is 0.000000156. The molecule has 8 aliphatic carbocycles. The van der Waals surface area contributed by atoms with Crippen molar-refractivity contribution in [2.75, 3.05) is 19.6 Å². The van der Waals surface area contributed by atoms with Crippen molar-refractivity contribution in [2.45, 2.75) is 220 Å². The predicted molar refractivity (Wildman–Crippen MR) is 455 cm³/mol. The van der Waals surface area contributed by atoms with E-state index in [0.29, 0.717) is 10.8 Å². The minimum atomic E-state index is 0.0394. The van der Waals surface area contributed by atoms with Gasteiger partial charge in [-0.2, -0.15) is 0 Å². The van der Waals surface area contributed by atoms with Gasteiger partial charge >= 0.3 is 0 Å². The summed E-state index contributed by atoms with van der Waals surface area (Å²) >= 11 is 7.74. The summed E-state index contributed by atoms with van der Waals surface area (Å²) in [5.74, 6) is 5.52. The summed E-state index contributed by atoms with van der Waals surface area (Å²) in [6.07, 6.45) is 17.1. The number of aryl methyl sites for hydroxylation is 4. The second-order valence-corrected chi connectivity index (χ2v) is 39.3. The van der Waals surface area contributed by atoms with Crippen molar-refractivity contribution in [3.63, 3.8) is 0 Å². The molecule has 0 amide bonds. The molecule has 10 aromatic rings. The van der Waals surface area contributed by atoms with E-state index in [1.807, 2.05) is 0 Å². The summed E-state index contributed by atoms with van der Waals surface area (Å²) < 4.78 is 0. The molecule has 0 aromatic heterocycles. The summed E-state index contributed by atoms with van der Waals surface area (Å²) in [4.78, 5) is 9.87. The highest BCUT2D eigenvalue weighted by Crippen LogP contribution is 2.63.